The molecule has 0 aliphatic rings. The first kappa shape index (κ1) is 14.3. The Balaban J connectivity index is 3.30. The first-order valence-corrected chi connectivity index (χ1v) is 6.67. The summed E-state index contributed by atoms with van der Waals surface area (Å²) < 4.78 is 0. The summed E-state index contributed by atoms with van der Waals surface area (Å²) in [6.07, 6.45) is 3.13. The Morgan fingerprint density at radius 3 is 2.64 bits per heavy atom. The van der Waals surface area contributed by atoms with Crippen molar-refractivity contribution in [1.29, 1.82) is 0 Å². The van der Waals surface area contributed by atoms with Gasteiger partial charge in [0.1, 0.15) is 0 Å². The van der Waals surface area contributed by atoms with Crippen molar-refractivity contribution in [2.24, 2.45) is 11.7 Å². The minimum Gasteiger partial charge on any atom is -0.389 e. The molecule has 0 rings (SSSR count). The Bertz CT molecular complexity index is 139. The molecule has 0 bridgehead atoms. The fraction of sp³-hybridized carbons (Fsp3) is 1.00. The van der Waals surface area contributed by atoms with Crippen LogP contribution in [0.25, 0.3) is 0 Å². The second-order valence-corrected chi connectivity index (χ2v) is 5.54. The predicted octanol–water partition coefficient (Wildman–Crippen LogP) is 2.26. The van der Waals surface area contributed by atoms with Crippen LogP contribution in [0.15, 0.2) is 0 Å². The van der Waals surface area contributed by atoms with Gasteiger partial charge in [-0.3, -0.25) is 0 Å². The van der Waals surface area contributed by atoms with E-state index in [1.165, 1.54) is 12.2 Å². The van der Waals surface area contributed by atoms with Crippen molar-refractivity contribution in [2.75, 3.05) is 18.1 Å². The zero-order valence-corrected chi connectivity index (χ0v) is 10.6. The summed E-state index contributed by atoms with van der Waals surface area (Å²) in [5, 5.41) is 9.64. The van der Waals surface area contributed by atoms with E-state index in [1.54, 1.807) is 0 Å². The summed E-state index contributed by atoms with van der Waals surface area (Å²) in [5.41, 5.74) is 4.78. The van der Waals surface area contributed by atoms with E-state index in [4.69, 9.17) is 5.73 Å². The smallest absolute Gasteiger partial charge is 0.0741 e. The van der Waals surface area contributed by atoms with Crippen molar-refractivity contribution in [1.82, 2.24) is 0 Å². The maximum atomic E-state index is 9.64. The maximum Gasteiger partial charge on any atom is 0.0741 e. The third-order valence-corrected chi connectivity index (χ3v) is 3.93. The molecule has 2 unspecified atom stereocenters. The van der Waals surface area contributed by atoms with Gasteiger partial charge in [0.25, 0.3) is 0 Å². The molecule has 0 aromatic heterocycles. The Morgan fingerprint density at radius 1 is 1.50 bits per heavy atom. The third kappa shape index (κ3) is 7.65. The lowest BCUT2D eigenvalue weighted by Crippen LogP contribution is -2.34. The van der Waals surface area contributed by atoms with Gasteiger partial charge in [0.15, 0.2) is 0 Å². The molecule has 0 saturated heterocycles. The van der Waals surface area contributed by atoms with Crippen LogP contribution >= 0.6 is 11.8 Å². The monoisotopic (exact) mass is 219 g/mol. The van der Waals surface area contributed by atoms with Crippen LogP contribution in [0.4, 0.5) is 0 Å². The molecule has 0 saturated carbocycles. The van der Waals surface area contributed by atoms with Gasteiger partial charge in [0.2, 0.25) is 0 Å². The number of hydrogen-bond donors (Lipinski definition) is 2. The highest BCUT2D eigenvalue weighted by Crippen LogP contribution is 2.16. The van der Waals surface area contributed by atoms with Crippen LogP contribution < -0.4 is 5.73 Å². The lowest BCUT2D eigenvalue weighted by molar-refractivity contribution is 0.0596. The van der Waals surface area contributed by atoms with Gasteiger partial charge in [-0.05, 0) is 37.2 Å². The summed E-state index contributed by atoms with van der Waals surface area (Å²) in [6, 6.07) is 0. The van der Waals surface area contributed by atoms with Crippen LogP contribution in [0.1, 0.15) is 40.0 Å². The molecule has 3 heteroatoms. The molecule has 0 aliphatic carbocycles. The Labute approximate surface area is 92.6 Å². The highest BCUT2D eigenvalue weighted by molar-refractivity contribution is 7.99. The first-order chi connectivity index (χ1) is 6.52. The van der Waals surface area contributed by atoms with Crippen LogP contribution in [0.5, 0.6) is 0 Å². The van der Waals surface area contributed by atoms with Gasteiger partial charge in [-0.15, -0.1) is 0 Å². The lowest BCUT2D eigenvalue weighted by Gasteiger charge is -2.20. The van der Waals surface area contributed by atoms with Crippen LogP contribution in [-0.4, -0.2) is 28.8 Å². The molecule has 0 fully saturated rings. The van der Waals surface area contributed by atoms with Crippen molar-refractivity contribution < 1.29 is 5.11 Å². The maximum absolute atomic E-state index is 9.64. The standard InChI is InChI=1S/C11H25NOS/c1-4-10(2)8-14-7-5-6-11(3,13)9-12/h10,13H,4-9,12H2,1-3H3. The SMILES string of the molecule is CCC(C)CSCCCC(C)(O)CN. The van der Waals surface area contributed by atoms with Crippen LogP contribution in [-0.2, 0) is 0 Å². The van der Waals surface area contributed by atoms with E-state index in [0.29, 0.717) is 6.54 Å². The number of rotatable bonds is 8. The van der Waals surface area contributed by atoms with Gasteiger partial charge in [0, 0.05) is 6.54 Å². The fourth-order valence-electron chi connectivity index (χ4n) is 1.06. The zero-order valence-electron chi connectivity index (χ0n) is 9.75. The molecular formula is C11H25NOS. The van der Waals surface area contributed by atoms with Crippen molar-refractivity contribution >= 4 is 11.8 Å². The first-order valence-electron chi connectivity index (χ1n) is 5.52. The largest absolute Gasteiger partial charge is 0.389 e. The molecule has 2 atom stereocenters. The molecule has 0 aliphatic heterocycles. The van der Waals surface area contributed by atoms with Gasteiger partial charge >= 0.3 is 0 Å². The molecule has 0 spiro atoms. The summed E-state index contributed by atoms with van der Waals surface area (Å²) in [6.45, 7) is 6.68. The Hall–Kier alpha value is 0.270. The zero-order chi connectivity index (χ0) is 11.0. The summed E-state index contributed by atoms with van der Waals surface area (Å²) in [7, 11) is 0. The average molecular weight is 219 g/mol. The molecule has 0 heterocycles. The highest BCUT2D eigenvalue weighted by atomic mass is 32.2. The molecule has 2 nitrogen and oxygen atoms in total. The molecule has 0 radical (unpaired) electrons. The molecule has 0 amide bonds. The highest BCUT2D eigenvalue weighted by Gasteiger charge is 2.16. The van der Waals surface area contributed by atoms with Crippen LogP contribution in [0.2, 0.25) is 0 Å². The van der Waals surface area contributed by atoms with Crippen molar-refractivity contribution in [3.05, 3.63) is 0 Å². The molecule has 0 aromatic carbocycles. The van der Waals surface area contributed by atoms with E-state index >= 15 is 0 Å². The van der Waals surface area contributed by atoms with Gasteiger partial charge in [-0.1, -0.05) is 20.3 Å². The second kappa shape index (κ2) is 7.55. The van der Waals surface area contributed by atoms with Crippen molar-refractivity contribution in [3.8, 4) is 0 Å². The molecule has 14 heavy (non-hydrogen) atoms. The molecule has 0 aromatic rings. The average Bonchev–Trinajstić information content (AvgIpc) is 2.17. The van der Waals surface area contributed by atoms with E-state index < -0.39 is 5.60 Å². The molecule has 3 N–H and O–H groups in total. The second-order valence-electron chi connectivity index (χ2n) is 4.39. The quantitative estimate of drug-likeness (QED) is 0.616. The Kier molecular flexibility index (Phi) is 7.69. The van der Waals surface area contributed by atoms with E-state index in [1.807, 2.05) is 18.7 Å². The van der Waals surface area contributed by atoms with E-state index in [9.17, 15) is 5.11 Å². The van der Waals surface area contributed by atoms with Crippen molar-refractivity contribution in [3.63, 3.8) is 0 Å². The lowest BCUT2D eigenvalue weighted by atomic mass is 10.0. The Morgan fingerprint density at radius 2 is 2.14 bits per heavy atom. The van der Waals surface area contributed by atoms with Gasteiger partial charge < -0.3 is 10.8 Å². The van der Waals surface area contributed by atoms with E-state index in [2.05, 4.69) is 13.8 Å². The summed E-state index contributed by atoms with van der Waals surface area (Å²) in [4.78, 5) is 0. The molecular weight excluding hydrogens is 194 g/mol. The normalized spacial score (nSPS) is 17.8. The van der Waals surface area contributed by atoms with Crippen LogP contribution in [0, 0.1) is 5.92 Å². The number of thioether (sulfide) groups is 1. The number of aliphatic hydroxyl groups is 1. The van der Waals surface area contributed by atoms with Crippen LogP contribution in [0.3, 0.4) is 0 Å². The van der Waals surface area contributed by atoms with E-state index in [0.717, 1.165) is 24.5 Å². The van der Waals surface area contributed by atoms with E-state index in [-0.39, 0.29) is 0 Å². The van der Waals surface area contributed by atoms with Gasteiger partial charge in [-0.25, -0.2) is 0 Å². The third-order valence-electron chi connectivity index (χ3n) is 2.54. The minimum absolute atomic E-state index is 0.364. The number of nitrogens with two attached hydrogens (primary N) is 1. The predicted molar refractivity (Wildman–Crippen MR) is 65.7 cm³/mol. The van der Waals surface area contributed by atoms with Gasteiger partial charge in [0.05, 0.1) is 5.60 Å². The molecule has 86 valence electrons. The minimum atomic E-state index is -0.656. The summed E-state index contributed by atoms with van der Waals surface area (Å²) >= 11 is 1.99. The topological polar surface area (TPSA) is 46.2 Å². The number of hydrogen-bond acceptors (Lipinski definition) is 3. The summed E-state index contributed by atoms with van der Waals surface area (Å²) in [5.74, 6) is 3.19. The van der Waals surface area contributed by atoms with Gasteiger partial charge in [-0.2, -0.15) is 11.8 Å². The van der Waals surface area contributed by atoms with Crippen molar-refractivity contribution in [2.45, 2.75) is 45.6 Å². The fourth-order valence-corrected chi connectivity index (χ4v) is 2.21.